The minimum atomic E-state index is 0.0533. The highest BCUT2D eigenvalue weighted by Crippen LogP contribution is 2.24. The number of nitrogens with one attached hydrogen (secondary N) is 1. The topological polar surface area (TPSA) is 57.2 Å². The van der Waals surface area contributed by atoms with E-state index in [1.165, 1.54) is 19.5 Å². The Morgan fingerprint density at radius 2 is 1.76 bits per heavy atom. The second kappa shape index (κ2) is 11.9. The van der Waals surface area contributed by atoms with E-state index in [4.69, 9.17) is 21.3 Å². The molecular formula is C27H41ClN4O2. The summed E-state index contributed by atoms with van der Waals surface area (Å²) in [6.45, 7) is 13.8. The molecule has 1 amide bonds. The summed E-state index contributed by atoms with van der Waals surface area (Å²) in [7, 11) is 0. The number of carbonyl (C=O) groups is 1. The van der Waals surface area contributed by atoms with Crippen LogP contribution in [0, 0.1) is 17.8 Å². The zero-order chi connectivity index (χ0) is 24.1. The Bertz CT molecular complexity index is 828. The van der Waals surface area contributed by atoms with Crippen LogP contribution in [0.2, 0.25) is 5.02 Å². The van der Waals surface area contributed by atoms with Gasteiger partial charge in [-0.25, -0.2) is 4.99 Å². The normalized spacial score (nSPS) is 29.0. The highest BCUT2D eigenvalue weighted by Gasteiger charge is 2.32. The first-order valence-electron chi connectivity index (χ1n) is 13.1. The van der Waals surface area contributed by atoms with Crippen LogP contribution in [0.4, 0.5) is 0 Å². The van der Waals surface area contributed by atoms with Gasteiger partial charge in [0.25, 0.3) is 0 Å². The lowest BCUT2D eigenvalue weighted by molar-refractivity contribution is -0.126. The number of hydrogen-bond acceptors (Lipinski definition) is 5. The molecule has 34 heavy (non-hydrogen) atoms. The monoisotopic (exact) mass is 488 g/mol. The van der Waals surface area contributed by atoms with Gasteiger partial charge in [-0.3, -0.25) is 4.79 Å². The van der Waals surface area contributed by atoms with Crippen LogP contribution in [-0.4, -0.2) is 79.6 Å². The maximum atomic E-state index is 12.7. The van der Waals surface area contributed by atoms with Gasteiger partial charge in [0.2, 0.25) is 11.8 Å². The molecule has 0 spiro atoms. The van der Waals surface area contributed by atoms with Crippen molar-refractivity contribution in [1.82, 2.24) is 15.1 Å². The number of carbonyl (C=O) groups excluding carboxylic acids is 1. The van der Waals surface area contributed by atoms with Gasteiger partial charge in [0.05, 0.1) is 0 Å². The zero-order valence-electron chi connectivity index (χ0n) is 21.0. The van der Waals surface area contributed by atoms with E-state index in [0.717, 1.165) is 69.4 Å². The fraction of sp³-hybridized carbons (Fsp3) is 0.704. The Balaban J connectivity index is 1.15. The number of rotatable bonds is 8. The van der Waals surface area contributed by atoms with Crippen molar-refractivity contribution in [1.29, 1.82) is 0 Å². The van der Waals surface area contributed by atoms with E-state index in [1.807, 2.05) is 24.3 Å². The predicted molar refractivity (Wildman–Crippen MR) is 138 cm³/mol. The van der Waals surface area contributed by atoms with Crippen molar-refractivity contribution < 1.29 is 9.53 Å². The molecule has 188 valence electrons. The summed E-state index contributed by atoms with van der Waals surface area (Å²) in [6.07, 6.45) is 4.27. The predicted octanol–water partition coefficient (Wildman–Crippen LogP) is 4.07. The number of amides is 1. The van der Waals surface area contributed by atoms with Gasteiger partial charge in [-0.2, -0.15) is 0 Å². The largest absolute Gasteiger partial charge is 0.472 e. The third kappa shape index (κ3) is 6.96. The summed E-state index contributed by atoms with van der Waals surface area (Å²) < 4.78 is 6.02. The Hall–Kier alpha value is -1.63. The van der Waals surface area contributed by atoms with E-state index in [1.54, 1.807) is 0 Å². The number of piperidine rings is 2. The molecule has 1 N–H and O–H groups in total. The lowest BCUT2D eigenvalue weighted by Gasteiger charge is -2.35. The van der Waals surface area contributed by atoms with Gasteiger partial charge in [-0.05, 0) is 88.3 Å². The number of halogens is 1. The Kier molecular flexibility index (Phi) is 8.89. The standard InChI is InChI=1S/C27H41ClN4O2/c1-19-15-20(2)17-32(16-19)12-4-11-29-26(33)22-9-13-31(14-10-22)18-25-21(3)34-27(30-25)23-5-7-24(28)8-6-23/h5-8,19-22,25H,4,9-18H2,1-3H3,(H,29,33)/t19-,20+,21?,25?. The molecule has 1 aromatic rings. The minimum absolute atomic E-state index is 0.0533. The number of hydrogen-bond donors (Lipinski definition) is 1. The quantitative estimate of drug-likeness (QED) is 0.560. The number of aliphatic imine (C=N–C) groups is 1. The molecule has 1 aromatic carbocycles. The van der Waals surface area contributed by atoms with Gasteiger partial charge >= 0.3 is 0 Å². The first-order chi connectivity index (χ1) is 16.4. The number of likely N-dealkylation sites (tertiary alicyclic amines) is 2. The van der Waals surface area contributed by atoms with E-state index in [2.05, 4.69) is 35.9 Å². The maximum Gasteiger partial charge on any atom is 0.223 e. The first-order valence-corrected chi connectivity index (χ1v) is 13.5. The fourth-order valence-electron chi connectivity index (χ4n) is 5.74. The van der Waals surface area contributed by atoms with Crippen LogP contribution in [0.5, 0.6) is 0 Å². The van der Waals surface area contributed by atoms with Gasteiger partial charge in [-0.1, -0.05) is 25.4 Å². The molecule has 7 heteroatoms. The second-order valence-electron chi connectivity index (χ2n) is 10.8. The van der Waals surface area contributed by atoms with Crippen molar-refractivity contribution in [2.75, 3.05) is 45.8 Å². The Morgan fingerprint density at radius 1 is 1.09 bits per heavy atom. The lowest BCUT2D eigenvalue weighted by Crippen LogP contribution is -2.44. The van der Waals surface area contributed by atoms with Crippen molar-refractivity contribution in [3.8, 4) is 0 Å². The van der Waals surface area contributed by atoms with Gasteiger partial charge in [0.1, 0.15) is 12.1 Å². The van der Waals surface area contributed by atoms with Crippen LogP contribution in [0.3, 0.4) is 0 Å². The smallest absolute Gasteiger partial charge is 0.223 e. The molecule has 3 aliphatic heterocycles. The van der Waals surface area contributed by atoms with E-state index in [9.17, 15) is 4.79 Å². The molecule has 0 bridgehead atoms. The van der Waals surface area contributed by atoms with Crippen LogP contribution in [0.1, 0.15) is 52.0 Å². The van der Waals surface area contributed by atoms with Gasteiger partial charge in [0, 0.05) is 42.7 Å². The third-order valence-electron chi connectivity index (χ3n) is 7.51. The molecule has 6 nitrogen and oxygen atoms in total. The summed E-state index contributed by atoms with van der Waals surface area (Å²) >= 11 is 6.00. The van der Waals surface area contributed by atoms with Crippen molar-refractivity contribution in [3.63, 3.8) is 0 Å². The number of ether oxygens (including phenoxy) is 1. The van der Waals surface area contributed by atoms with E-state index >= 15 is 0 Å². The van der Waals surface area contributed by atoms with Crippen LogP contribution in [0.25, 0.3) is 0 Å². The van der Waals surface area contributed by atoms with Crippen LogP contribution < -0.4 is 5.32 Å². The number of benzene rings is 1. The fourth-order valence-corrected chi connectivity index (χ4v) is 5.87. The average molecular weight is 489 g/mol. The van der Waals surface area contributed by atoms with E-state index in [-0.39, 0.29) is 24.0 Å². The third-order valence-corrected chi connectivity index (χ3v) is 7.76. The van der Waals surface area contributed by atoms with Crippen LogP contribution in [-0.2, 0) is 9.53 Å². The lowest BCUT2D eigenvalue weighted by atomic mass is 9.92. The summed E-state index contributed by atoms with van der Waals surface area (Å²) in [6, 6.07) is 7.76. The van der Waals surface area contributed by atoms with Gasteiger partial charge in [-0.15, -0.1) is 0 Å². The average Bonchev–Trinajstić information content (AvgIpc) is 3.17. The molecule has 0 aromatic heterocycles. The zero-order valence-corrected chi connectivity index (χ0v) is 21.8. The molecule has 0 radical (unpaired) electrons. The highest BCUT2D eigenvalue weighted by atomic mass is 35.5. The molecule has 2 unspecified atom stereocenters. The van der Waals surface area contributed by atoms with Gasteiger partial charge in [0.15, 0.2) is 0 Å². The minimum Gasteiger partial charge on any atom is -0.472 e. The number of nitrogens with zero attached hydrogens (tertiary/aromatic N) is 3. The van der Waals surface area contributed by atoms with Crippen molar-refractivity contribution >= 4 is 23.4 Å². The van der Waals surface area contributed by atoms with Crippen molar-refractivity contribution in [3.05, 3.63) is 34.9 Å². The van der Waals surface area contributed by atoms with E-state index < -0.39 is 0 Å². The molecule has 3 heterocycles. The summed E-state index contributed by atoms with van der Waals surface area (Å²) in [5.41, 5.74) is 0.971. The van der Waals surface area contributed by atoms with Crippen LogP contribution >= 0.6 is 11.6 Å². The molecule has 3 aliphatic rings. The maximum absolute atomic E-state index is 12.7. The molecule has 4 atom stereocenters. The second-order valence-corrected chi connectivity index (χ2v) is 11.2. The Morgan fingerprint density at radius 3 is 2.44 bits per heavy atom. The SMILES string of the molecule is CC1OC(c2ccc(Cl)cc2)=NC1CN1CCC(C(=O)NCCCN2C[C@H](C)C[C@H](C)C2)CC1. The summed E-state index contributed by atoms with van der Waals surface area (Å²) in [5, 5.41) is 3.92. The van der Waals surface area contributed by atoms with Crippen molar-refractivity contribution in [2.24, 2.45) is 22.7 Å². The van der Waals surface area contributed by atoms with E-state index in [0.29, 0.717) is 10.9 Å². The molecule has 0 saturated carbocycles. The summed E-state index contributed by atoms with van der Waals surface area (Å²) in [5.74, 6) is 2.66. The van der Waals surface area contributed by atoms with Crippen LogP contribution in [0.15, 0.2) is 29.3 Å². The molecular weight excluding hydrogens is 448 g/mol. The van der Waals surface area contributed by atoms with Gasteiger partial charge < -0.3 is 19.9 Å². The summed E-state index contributed by atoms with van der Waals surface area (Å²) in [4.78, 5) is 22.5. The highest BCUT2D eigenvalue weighted by molar-refractivity contribution is 6.30. The molecule has 2 saturated heterocycles. The molecule has 0 aliphatic carbocycles. The molecule has 2 fully saturated rings. The molecule has 4 rings (SSSR count). The van der Waals surface area contributed by atoms with Crippen molar-refractivity contribution in [2.45, 2.75) is 58.6 Å². The first kappa shape index (κ1) is 25.5. The Labute approximate surface area is 210 Å².